The Morgan fingerprint density at radius 3 is 1.00 bits per heavy atom. The molecular weight excluding hydrogens is 247 g/mol. The molecule has 48 valence electrons. The average Bonchev–Trinajstić information content (AvgIpc) is 0.722. The summed E-state index contributed by atoms with van der Waals surface area (Å²) in [5.41, 5.74) is 0. The Morgan fingerprint density at radius 2 is 1.00 bits per heavy atom. The van der Waals surface area contributed by atoms with Crippen molar-refractivity contribution in [1.82, 2.24) is 0 Å². The third-order valence-electron chi connectivity index (χ3n) is 0. The van der Waals surface area contributed by atoms with Gasteiger partial charge >= 0.3 is 61.7 Å². The van der Waals surface area contributed by atoms with Crippen LogP contribution in [0.3, 0.4) is 0 Å². The van der Waals surface area contributed by atoms with Crippen molar-refractivity contribution in [1.29, 1.82) is 0 Å². The van der Waals surface area contributed by atoms with E-state index < -0.39 is 19.0 Å². The molecule has 0 aromatic heterocycles. The summed E-state index contributed by atoms with van der Waals surface area (Å²) in [6.07, 6.45) is 0. The normalized spacial score (nSPS) is 7.25. The molecule has 0 radical (unpaired) electrons. The molecule has 0 saturated carbocycles. The van der Waals surface area contributed by atoms with Crippen LogP contribution < -0.4 is 36.5 Å². The van der Waals surface area contributed by atoms with Gasteiger partial charge in [-0.05, 0) is 0 Å². The van der Waals surface area contributed by atoms with Crippen LogP contribution in [0.15, 0.2) is 0 Å². The van der Waals surface area contributed by atoms with Crippen LogP contribution in [-0.2, 0) is 6.21 Å². The van der Waals surface area contributed by atoms with Crippen LogP contribution in [0.1, 0.15) is 0 Å². The molecular formula is H4NaO6Te-. The van der Waals surface area contributed by atoms with E-state index in [1.807, 2.05) is 0 Å². The molecule has 0 unspecified atom stereocenters. The summed E-state index contributed by atoms with van der Waals surface area (Å²) in [5.74, 6) is 0. The first kappa shape index (κ1) is 22.9. The van der Waals surface area contributed by atoms with E-state index in [2.05, 4.69) is 0 Å². The van der Waals surface area contributed by atoms with Gasteiger partial charge in [-0.2, -0.15) is 0 Å². The third-order valence-corrected chi connectivity index (χ3v) is 0. The Bertz CT molecular complexity index is 91.7. The number of hydrogen-bond acceptors (Lipinski definition) is 4. The van der Waals surface area contributed by atoms with Crippen molar-refractivity contribution in [2.75, 3.05) is 0 Å². The average molecular weight is 251 g/mol. The molecule has 4 N–H and O–H groups in total. The van der Waals surface area contributed by atoms with Crippen LogP contribution in [0.4, 0.5) is 0 Å². The zero-order valence-corrected chi connectivity index (χ0v) is 8.37. The van der Waals surface area contributed by atoms with Crippen molar-refractivity contribution in [2.45, 2.75) is 0 Å². The van der Waals surface area contributed by atoms with E-state index >= 15 is 0 Å². The van der Waals surface area contributed by atoms with E-state index in [1.54, 1.807) is 0 Å². The minimum atomic E-state index is -6.02. The van der Waals surface area contributed by atoms with Crippen LogP contribution >= 0.6 is 0 Å². The van der Waals surface area contributed by atoms with Crippen molar-refractivity contribution >= 4 is 19.0 Å². The van der Waals surface area contributed by atoms with Crippen molar-refractivity contribution in [3.8, 4) is 0 Å². The van der Waals surface area contributed by atoms with Crippen LogP contribution in [0.2, 0.25) is 0 Å². The molecule has 0 aromatic rings. The van der Waals surface area contributed by atoms with Gasteiger partial charge in [0, 0.05) is 0 Å². The monoisotopic (exact) mass is 253 g/mol. The minimum absolute atomic E-state index is 0. The van der Waals surface area contributed by atoms with Gasteiger partial charge in [-0.3, -0.25) is 0 Å². The van der Waals surface area contributed by atoms with Gasteiger partial charge in [0.1, 0.15) is 0 Å². The van der Waals surface area contributed by atoms with Crippen LogP contribution in [0, 0.1) is 0 Å². The molecule has 0 bridgehead atoms. The molecule has 6 nitrogen and oxygen atoms in total. The first-order chi connectivity index (χ1) is 2.00. The summed E-state index contributed by atoms with van der Waals surface area (Å²) in [4.78, 5) is 0. The molecule has 0 rings (SSSR count). The topological polar surface area (TPSA) is 143 Å². The van der Waals surface area contributed by atoms with Gasteiger partial charge < -0.3 is 11.0 Å². The predicted octanol–water partition coefficient (Wildman–Crippen LogP) is -7.64. The Kier molecular flexibility index (Phi) is 23.5. The largest absolute Gasteiger partial charge is 1.00 e. The molecule has 8 heteroatoms. The molecule has 0 saturated heterocycles. The Labute approximate surface area is 72.1 Å². The maximum atomic E-state index is 8.63. The molecule has 0 aliphatic heterocycles. The zero-order valence-electron chi connectivity index (χ0n) is 4.04. The predicted molar refractivity (Wildman–Crippen MR) is 14.4 cm³/mol. The quantitative estimate of drug-likeness (QED) is 0.393. The Hall–Kier alpha value is 1.23. The first-order valence-electron chi connectivity index (χ1n) is 0.667. The van der Waals surface area contributed by atoms with Crippen LogP contribution in [-0.4, -0.2) is 29.9 Å². The van der Waals surface area contributed by atoms with Crippen molar-refractivity contribution in [2.24, 2.45) is 0 Å². The van der Waals surface area contributed by atoms with E-state index in [-0.39, 0.29) is 40.5 Å². The van der Waals surface area contributed by atoms with Gasteiger partial charge in [0.2, 0.25) is 0 Å². The van der Waals surface area contributed by atoms with Crippen molar-refractivity contribution < 1.29 is 53.7 Å². The maximum absolute atomic E-state index is 8.63. The molecule has 0 atom stereocenters. The maximum Gasteiger partial charge on any atom is 1.00 e. The van der Waals surface area contributed by atoms with E-state index in [9.17, 15) is 0 Å². The minimum Gasteiger partial charge on any atom is 1.00 e. The standard InChI is InChI=1S/Na.H2O4Te.2H2O/c;1-5(2,3)4;;/h;(H2,1,2,3,4);2*1H2/q+1;;;/p-2. The second-order valence-electron chi connectivity index (χ2n) is 0.408. The molecule has 0 aliphatic rings. The summed E-state index contributed by atoms with van der Waals surface area (Å²) < 4.78 is 34.5. The van der Waals surface area contributed by atoms with Gasteiger partial charge in [0.25, 0.3) is 0 Å². The second-order valence-corrected chi connectivity index (χ2v) is 2.74. The molecule has 0 aromatic carbocycles. The molecule has 8 heavy (non-hydrogen) atoms. The molecule has 0 aliphatic carbocycles. The first-order valence-corrected chi connectivity index (χ1v) is 4.47. The molecule has 0 amide bonds. The van der Waals surface area contributed by atoms with Crippen molar-refractivity contribution in [3.05, 3.63) is 0 Å². The van der Waals surface area contributed by atoms with Crippen LogP contribution in [0.25, 0.3) is 0 Å². The second kappa shape index (κ2) is 8.23. The number of hydrogen-bond donors (Lipinski definition) is 0. The SMILES string of the molecule is O.O.O=[Te](=O)([O-])[O-].[Na+]. The van der Waals surface area contributed by atoms with Gasteiger partial charge in [-0.25, -0.2) is 0 Å². The smallest absolute Gasteiger partial charge is 1.00 e. The summed E-state index contributed by atoms with van der Waals surface area (Å²) in [5, 5.41) is 0. The van der Waals surface area contributed by atoms with Gasteiger partial charge in [-0.15, -0.1) is 0 Å². The summed E-state index contributed by atoms with van der Waals surface area (Å²) >= 11 is -6.02. The fourth-order valence-electron chi connectivity index (χ4n) is 0. The zero-order chi connectivity index (χ0) is 4.50. The summed E-state index contributed by atoms with van der Waals surface area (Å²) in [6.45, 7) is 0. The van der Waals surface area contributed by atoms with Crippen LogP contribution in [0.5, 0.6) is 0 Å². The number of rotatable bonds is 0. The van der Waals surface area contributed by atoms with Crippen molar-refractivity contribution in [3.63, 3.8) is 0 Å². The van der Waals surface area contributed by atoms with E-state index in [1.165, 1.54) is 0 Å². The third kappa shape index (κ3) is 186. The fraction of sp³-hybridized carbons (Fsp3) is 0. The van der Waals surface area contributed by atoms with Gasteiger partial charge in [-0.1, -0.05) is 0 Å². The fourth-order valence-corrected chi connectivity index (χ4v) is 0. The molecule has 0 heterocycles. The van der Waals surface area contributed by atoms with E-state index in [4.69, 9.17) is 13.2 Å². The van der Waals surface area contributed by atoms with Gasteiger partial charge in [0.05, 0.1) is 0 Å². The molecule has 0 fully saturated rings. The summed E-state index contributed by atoms with van der Waals surface area (Å²) in [6, 6.07) is 0. The summed E-state index contributed by atoms with van der Waals surface area (Å²) in [7, 11) is 0. The Balaban J connectivity index is -0.0000000267. The van der Waals surface area contributed by atoms with E-state index in [0.717, 1.165) is 0 Å². The van der Waals surface area contributed by atoms with E-state index in [0.29, 0.717) is 0 Å². The molecule has 0 spiro atoms. The Morgan fingerprint density at radius 1 is 1.00 bits per heavy atom. The van der Waals surface area contributed by atoms with Gasteiger partial charge in [0.15, 0.2) is 0 Å².